The Morgan fingerprint density at radius 2 is 1.32 bits per heavy atom. The van der Waals surface area contributed by atoms with Crippen molar-refractivity contribution in [3.8, 4) is 0 Å². The zero-order valence-electron chi connectivity index (χ0n) is 23.1. The molecule has 194 valence electrons. The summed E-state index contributed by atoms with van der Waals surface area (Å²) >= 11 is 1.47. The van der Waals surface area contributed by atoms with Crippen molar-refractivity contribution in [1.82, 2.24) is 0 Å². The van der Waals surface area contributed by atoms with Gasteiger partial charge in [0.15, 0.2) is 0 Å². The van der Waals surface area contributed by atoms with Crippen LogP contribution in [-0.2, 0) is 35.1 Å². The van der Waals surface area contributed by atoms with Gasteiger partial charge in [-0.1, -0.05) is 76.9 Å². The van der Waals surface area contributed by atoms with E-state index in [0.29, 0.717) is 0 Å². The van der Waals surface area contributed by atoms with Crippen LogP contribution in [0.1, 0.15) is 70.2 Å². The number of halogens is 2. The van der Waals surface area contributed by atoms with E-state index in [1.165, 1.54) is 68.0 Å². The topological polar surface area (TPSA) is 0 Å². The second kappa shape index (κ2) is 14.5. The molecule has 0 aliphatic heterocycles. The van der Waals surface area contributed by atoms with E-state index in [-0.39, 0.29) is 35.6 Å². The maximum absolute atomic E-state index is 2.99. The quantitative estimate of drug-likeness (QED) is 0.291. The number of benzene rings is 3. The number of hydrogen-bond donors (Lipinski definition) is 0. The molecule has 0 spiro atoms. The third-order valence-corrected chi connectivity index (χ3v) is 7.05. The summed E-state index contributed by atoms with van der Waals surface area (Å²) in [7, 11) is 0. The summed E-state index contributed by atoms with van der Waals surface area (Å²) in [5.74, 6) is 0. The molecular weight excluding hydrogens is 571 g/mol. The van der Waals surface area contributed by atoms with Crippen LogP contribution in [0.25, 0.3) is 21.5 Å². The van der Waals surface area contributed by atoms with E-state index in [1.54, 1.807) is 0 Å². The van der Waals surface area contributed by atoms with Gasteiger partial charge in [-0.15, -0.1) is 46.2 Å². The normalized spacial score (nSPS) is 12.1. The van der Waals surface area contributed by atoms with Gasteiger partial charge in [-0.05, 0) is 10.8 Å². The third-order valence-electron chi connectivity index (χ3n) is 6.23. The summed E-state index contributed by atoms with van der Waals surface area (Å²) in [6, 6.07) is 24.7. The Bertz CT molecular complexity index is 1280. The molecule has 0 aromatic heterocycles. The van der Waals surface area contributed by atoms with E-state index in [1.807, 2.05) is 12.2 Å². The standard InChI is InChI=1S/C21H25.C8H8.C5H5.2ClH.Zr/c1-20(2,3)16-9-7-14-11-15-8-10-17(21(4,5)6)13-19(15)18(14)12-16;1-7-4-3-5-8(2)6-7;1-2-4-5-3-1;;;/h7-13H,1-6H3;1,3-6H,2H3;1-3H,4H2;2*1H;/q-1;;-1;;;+2/p-2. The Morgan fingerprint density at radius 3 is 1.65 bits per heavy atom. The van der Waals surface area contributed by atoms with Gasteiger partial charge in [0.05, 0.1) is 0 Å². The predicted octanol–water partition coefficient (Wildman–Crippen LogP) is 3.31. The van der Waals surface area contributed by atoms with Gasteiger partial charge in [0.2, 0.25) is 0 Å². The molecule has 0 bridgehead atoms. The Balaban J connectivity index is 0.000000354. The predicted molar refractivity (Wildman–Crippen MR) is 152 cm³/mol. The van der Waals surface area contributed by atoms with Crippen LogP contribution in [0.3, 0.4) is 0 Å². The Hall–Kier alpha value is -1.66. The molecule has 1 aliphatic carbocycles. The van der Waals surface area contributed by atoms with E-state index in [0.717, 1.165) is 6.42 Å². The van der Waals surface area contributed by atoms with Gasteiger partial charge in [-0.25, -0.2) is 12.2 Å². The second-order valence-corrected chi connectivity index (χ2v) is 12.0. The molecule has 0 saturated carbocycles. The van der Waals surface area contributed by atoms with Crippen molar-refractivity contribution in [2.75, 3.05) is 0 Å². The zero-order chi connectivity index (χ0) is 25.6. The number of aryl methyl sites for hydroxylation is 1. The van der Waals surface area contributed by atoms with Crippen LogP contribution in [0.2, 0.25) is 0 Å². The van der Waals surface area contributed by atoms with E-state index >= 15 is 0 Å². The van der Waals surface area contributed by atoms with E-state index < -0.39 is 0 Å². The van der Waals surface area contributed by atoms with Crippen LogP contribution in [0, 0.1) is 13.0 Å². The van der Waals surface area contributed by atoms with Gasteiger partial charge < -0.3 is 24.8 Å². The van der Waals surface area contributed by atoms with Gasteiger partial charge in [-0.2, -0.15) is 6.08 Å². The minimum absolute atomic E-state index is 0. The van der Waals surface area contributed by atoms with Crippen LogP contribution in [0.4, 0.5) is 0 Å². The van der Waals surface area contributed by atoms with Crippen molar-refractivity contribution >= 4 is 25.3 Å². The molecule has 3 heteroatoms. The minimum atomic E-state index is 0. The summed E-state index contributed by atoms with van der Waals surface area (Å²) in [6.07, 6.45) is 10.0. The van der Waals surface area contributed by atoms with Gasteiger partial charge >= 0.3 is 70.3 Å². The molecule has 0 nitrogen and oxygen atoms in total. The van der Waals surface area contributed by atoms with Crippen LogP contribution in [0.15, 0.2) is 85.0 Å². The first-order chi connectivity index (χ1) is 16.5. The molecule has 0 heterocycles. The molecule has 4 aromatic rings. The molecule has 37 heavy (non-hydrogen) atoms. The molecular formula is C34H38Cl2Zr-2. The van der Waals surface area contributed by atoms with Gasteiger partial charge in [0.1, 0.15) is 0 Å². The van der Waals surface area contributed by atoms with Crippen molar-refractivity contribution in [1.29, 1.82) is 0 Å². The van der Waals surface area contributed by atoms with Crippen molar-refractivity contribution in [3.05, 3.63) is 113 Å². The molecule has 0 amide bonds. The summed E-state index contributed by atoms with van der Waals surface area (Å²) in [5, 5.41) is 5.49. The number of fused-ring (bicyclic) bond motifs is 3. The fraction of sp³-hybridized carbons (Fsp3) is 0.294. The number of rotatable bonds is 1. The number of hydrogen-bond acceptors (Lipinski definition) is 0. The molecule has 5 rings (SSSR count). The fourth-order valence-corrected chi connectivity index (χ4v) is 4.47. The average Bonchev–Trinajstić information content (AvgIpc) is 3.49. The number of allylic oxidation sites excluding steroid dienone is 4. The maximum atomic E-state index is 2.99. The SMILES string of the molecule is CC(C)(C)c1ccc2[cH-]c3ccc(C(C)(C)C)cc3c2c1.Cc1cccc([CH]=[Zr+2])c1.[C-]1=CC=CC1.[Cl-].[Cl-]. The zero-order valence-corrected chi connectivity index (χ0v) is 27.1. The van der Waals surface area contributed by atoms with Crippen LogP contribution < -0.4 is 24.8 Å². The summed E-state index contributed by atoms with van der Waals surface area (Å²) in [5.41, 5.74) is 5.88. The van der Waals surface area contributed by atoms with Crippen LogP contribution >= 0.6 is 0 Å². The van der Waals surface area contributed by atoms with E-state index in [9.17, 15) is 0 Å². The molecule has 0 fully saturated rings. The minimum Gasteiger partial charge on any atom is -1.00 e. The van der Waals surface area contributed by atoms with E-state index in [2.05, 4.69) is 131 Å². The first-order valence-corrected chi connectivity index (χ1v) is 13.8. The van der Waals surface area contributed by atoms with Gasteiger partial charge in [0, 0.05) is 0 Å². The summed E-state index contributed by atoms with van der Waals surface area (Å²) < 4.78 is 2.19. The molecule has 0 radical (unpaired) electrons. The summed E-state index contributed by atoms with van der Waals surface area (Å²) in [4.78, 5) is 0. The molecule has 0 N–H and O–H groups in total. The van der Waals surface area contributed by atoms with E-state index in [4.69, 9.17) is 0 Å². The van der Waals surface area contributed by atoms with Crippen molar-refractivity contribution in [3.63, 3.8) is 0 Å². The molecule has 0 saturated heterocycles. The first kappa shape index (κ1) is 33.4. The Kier molecular flexibility index (Phi) is 13.1. The smallest absolute Gasteiger partial charge is 0.109 e. The molecule has 0 atom stereocenters. The molecule has 1 aliphatic rings. The first-order valence-electron chi connectivity index (χ1n) is 12.4. The molecule has 0 unspecified atom stereocenters. The van der Waals surface area contributed by atoms with Gasteiger partial charge in [0.25, 0.3) is 0 Å². The summed E-state index contributed by atoms with van der Waals surface area (Å²) in [6.45, 7) is 15.8. The Morgan fingerprint density at radius 1 is 0.784 bits per heavy atom. The maximum Gasteiger partial charge on any atom is -0.109 e. The third kappa shape index (κ3) is 9.55. The van der Waals surface area contributed by atoms with Crippen LogP contribution in [-0.4, -0.2) is 3.71 Å². The van der Waals surface area contributed by atoms with Gasteiger partial charge in [-0.3, -0.25) is 6.08 Å². The van der Waals surface area contributed by atoms with Crippen molar-refractivity contribution < 1.29 is 49.0 Å². The monoisotopic (exact) mass is 606 g/mol. The fourth-order valence-electron chi connectivity index (χ4n) is 4.03. The Labute approximate surface area is 251 Å². The van der Waals surface area contributed by atoms with Crippen LogP contribution in [0.5, 0.6) is 0 Å². The van der Waals surface area contributed by atoms with Crippen molar-refractivity contribution in [2.24, 2.45) is 0 Å². The largest absolute Gasteiger partial charge is 1.00 e. The molecule has 4 aromatic carbocycles. The average molecular weight is 609 g/mol. The second-order valence-electron chi connectivity index (χ2n) is 11.3. The van der Waals surface area contributed by atoms with Crippen molar-refractivity contribution in [2.45, 2.75) is 65.7 Å².